The zero-order valence-corrected chi connectivity index (χ0v) is 15.4. The van der Waals surface area contributed by atoms with Gasteiger partial charge in [-0.1, -0.05) is 0 Å². The smallest absolute Gasteiger partial charge is 0.407 e. The van der Waals surface area contributed by atoms with Crippen molar-refractivity contribution >= 4 is 11.8 Å². The summed E-state index contributed by atoms with van der Waals surface area (Å²) in [6.45, 7) is -3.37. The fourth-order valence-corrected chi connectivity index (χ4v) is 2.61. The monoisotopic (exact) mass is 466 g/mol. The number of anilines is 1. The maximum Gasteiger partial charge on any atom is 0.420 e. The summed E-state index contributed by atoms with van der Waals surface area (Å²) in [6.07, 6.45) is -11.1. The van der Waals surface area contributed by atoms with E-state index in [0.29, 0.717) is 4.57 Å². The van der Waals surface area contributed by atoms with Crippen molar-refractivity contribution in [2.24, 2.45) is 0 Å². The van der Waals surface area contributed by atoms with E-state index in [9.17, 15) is 40.3 Å². The quantitative estimate of drug-likeness (QED) is 0.554. The number of nitrogens with zero attached hydrogens (tertiary/aromatic N) is 2. The van der Waals surface area contributed by atoms with Crippen LogP contribution < -0.4 is 15.3 Å². The molecule has 1 aromatic heterocycles. The summed E-state index contributed by atoms with van der Waals surface area (Å²) in [5, 5.41) is 0. The normalized spacial score (nSPS) is 13.8. The lowest BCUT2D eigenvalue weighted by Crippen LogP contribution is -2.31. The number of ether oxygens (including phenoxy) is 1. The van der Waals surface area contributed by atoms with Crippen LogP contribution in [0.1, 0.15) is 15.2 Å². The van der Waals surface area contributed by atoms with Gasteiger partial charge in [0.2, 0.25) is 0 Å². The Hall–Kier alpha value is -3.77. The molecule has 0 atom stereocenters. The number of hydrogen-bond acceptors (Lipinski definition) is 3. The number of alkyl halides is 6. The van der Waals surface area contributed by atoms with Gasteiger partial charge in [0.25, 0.3) is 0 Å². The third-order valence-corrected chi connectivity index (χ3v) is 4.07. The highest BCUT2D eigenvalue weighted by atomic mass is 19.4. The molecular formula is C19H12F7N3O3. The lowest BCUT2D eigenvalue weighted by molar-refractivity contribution is -0.143. The molecule has 32 heavy (non-hydrogen) atoms. The average Bonchev–Trinajstić information content (AvgIpc) is 3.12. The molecular weight excluding hydrogens is 451 g/mol. The van der Waals surface area contributed by atoms with Crippen molar-refractivity contribution in [3.05, 3.63) is 76.2 Å². The Morgan fingerprint density at radius 3 is 2.25 bits per heavy atom. The minimum absolute atomic E-state index is 0.103. The second-order valence-electron chi connectivity index (χ2n) is 6.18. The zero-order chi connectivity index (χ0) is 26.3. The van der Waals surface area contributed by atoms with E-state index in [-0.39, 0.29) is 17.0 Å². The number of aromatic nitrogens is 2. The number of H-pyrrole nitrogens is 1. The van der Waals surface area contributed by atoms with Crippen LogP contribution in [-0.2, 0) is 12.4 Å². The van der Waals surface area contributed by atoms with Crippen molar-refractivity contribution in [2.45, 2.75) is 12.4 Å². The third kappa shape index (κ3) is 4.60. The van der Waals surface area contributed by atoms with Crippen LogP contribution in [0, 0.1) is 5.82 Å². The Balaban J connectivity index is 2.26. The molecule has 0 saturated heterocycles. The number of benzene rings is 2. The van der Waals surface area contributed by atoms with Crippen molar-refractivity contribution in [2.75, 3.05) is 11.9 Å². The Bertz CT molecular complexity index is 1300. The van der Waals surface area contributed by atoms with Crippen molar-refractivity contribution in [1.29, 1.82) is 0 Å². The van der Waals surface area contributed by atoms with E-state index in [0.717, 1.165) is 36.7 Å². The maximum absolute atomic E-state index is 13.8. The summed E-state index contributed by atoms with van der Waals surface area (Å²) in [7, 11) is 0. The number of hydrogen-bond donors (Lipinski definition) is 1. The highest BCUT2D eigenvalue weighted by Crippen LogP contribution is 2.44. The molecule has 2 aromatic carbocycles. The summed E-state index contributed by atoms with van der Waals surface area (Å²) in [4.78, 5) is 26.7. The van der Waals surface area contributed by atoms with Gasteiger partial charge in [0.05, 0.1) is 11.3 Å². The van der Waals surface area contributed by atoms with Crippen LogP contribution >= 0.6 is 0 Å². The van der Waals surface area contributed by atoms with Gasteiger partial charge in [-0.2, -0.15) is 26.3 Å². The minimum Gasteiger partial charge on any atom is -0.407 e. The molecule has 0 radical (unpaired) electrons. The number of carbonyl (C=O) groups excluding carboxylic acids is 1. The Labute approximate surface area is 178 Å². The van der Waals surface area contributed by atoms with E-state index in [4.69, 9.17) is 8.85 Å². The van der Waals surface area contributed by atoms with Crippen LogP contribution in [0.4, 0.5) is 41.2 Å². The van der Waals surface area contributed by atoms with Crippen LogP contribution in [0.25, 0.3) is 5.69 Å². The van der Waals surface area contributed by atoms with Crippen LogP contribution in [0.5, 0.6) is 5.75 Å². The largest absolute Gasteiger partial charge is 0.420 e. The number of halogens is 7. The molecule has 0 aliphatic carbocycles. The van der Waals surface area contributed by atoms with E-state index >= 15 is 0 Å². The van der Waals surface area contributed by atoms with Crippen LogP contribution in [-0.4, -0.2) is 22.6 Å². The third-order valence-electron chi connectivity index (χ3n) is 4.07. The molecule has 0 saturated carbocycles. The summed E-state index contributed by atoms with van der Waals surface area (Å²) < 4.78 is 122. The van der Waals surface area contributed by atoms with Crippen LogP contribution in [0.15, 0.2) is 53.6 Å². The molecule has 6 nitrogen and oxygen atoms in total. The maximum atomic E-state index is 13.8. The molecule has 1 N–H and O–H groups in total. The first kappa shape index (κ1) is 19.0. The Morgan fingerprint density at radius 2 is 1.75 bits per heavy atom. The first-order chi connectivity index (χ1) is 16.0. The number of imidazole rings is 1. The molecule has 0 spiro atoms. The Morgan fingerprint density at radius 1 is 1.09 bits per heavy atom. The molecule has 170 valence electrons. The second-order valence-corrected chi connectivity index (χ2v) is 6.18. The van der Waals surface area contributed by atoms with E-state index in [1.807, 2.05) is 4.98 Å². The zero-order valence-electron chi connectivity index (χ0n) is 18.4. The van der Waals surface area contributed by atoms with Crippen LogP contribution in [0.3, 0.4) is 0 Å². The summed E-state index contributed by atoms with van der Waals surface area (Å²) in [5.41, 5.74) is -6.76. The van der Waals surface area contributed by atoms with E-state index in [2.05, 4.69) is 0 Å². The summed E-state index contributed by atoms with van der Waals surface area (Å²) in [6, 6.07) is 2.93. The average molecular weight is 466 g/mol. The molecule has 3 aromatic rings. The van der Waals surface area contributed by atoms with Gasteiger partial charge in [0, 0.05) is 29.2 Å². The van der Waals surface area contributed by atoms with Gasteiger partial charge in [0.15, 0.2) is 5.75 Å². The van der Waals surface area contributed by atoms with Crippen molar-refractivity contribution < 1.29 is 44.4 Å². The van der Waals surface area contributed by atoms with Gasteiger partial charge in [-0.25, -0.2) is 14.0 Å². The molecule has 0 fully saturated rings. The van der Waals surface area contributed by atoms with Gasteiger partial charge in [-0.3, -0.25) is 9.47 Å². The van der Waals surface area contributed by atoms with Gasteiger partial charge in [-0.05, 0) is 36.4 Å². The molecule has 1 amide bonds. The number of carbonyl (C=O) groups is 1. The molecule has 0 bridgehead atoms. The standard InChI is InChI=1S/C19H12F7N3O3/c1-28(12-4-2-11(20)3-5-12)17(31)32-15-13(19(24,25)26)8-10(18(21,22)23)9-14(15)29-7-6-27-16(29)30/h2-9H,1H3,(H,27,30)/i1D3. The highest BCUT2D eigenvalue weighted by molar-refractivity contribution is 5.89. The van der Waals surface area contributed by atoms with Gasteiger partial charge < -0.3 is 9.72 Å². The number of rotatable bonds is 3. The van der Waals surface area contributed by atoms with Gasteiger partial charge in [0.1, 0.15) is 11.4 Å². The molecule has 0 unspecified atom stereocenters. The summed E-state index contributed by atoms with van der Waals surface area (Å²) in [5.74, 6) is -2.39. The van der Waals surface area contributed by atoms with Gasteiger partial charge in [-0.15, -0.1) is 0 Å². The molecule has 3 rings (SSSR count). The number of nitrogens with one attached hydrogen (secondary N) is 1. The SMILES string of the molecule is [2H]C([2H])([2H])N(C(=O)Oc1c(-n2cc[nH]c2=O)cc(C(F)(F)F)cc1C(F)(F)F)c1ccc(F)cc1. The highest BCUT2D eigenvalue weighted by Gasteiger charge is 2.41. The fraction of sp³-hybridized carbons (Fsp3) is 0.158. The van der Waals surface area contributed by atoms with E-state index < -0.39 is 65.2 Å². The van der Waals surface area contributed by atoms with E-state index in [1.54, 1.807) is 0 Å². The molecule has 0 aliphatic rings. The number of amides is 1. The topological polar surface area (TPSA) is 67.3 Å². The fourth-order valence-electron chi connectivity index (χ4n) is 2.61. The predicted octanol–water partition coefficient (Wildman–Crippen LogP) is 4.98. The molecule has 1 heterocycles. The molecule has 0 aliphatic heterocycles. The molecule has 13 heteroatoms. The lowest BCUT2D eigenvalue weighted by Gasteiger charge is -2.22. The minimum atomic E-state index is -5.54. The van der Waals surface area contributed by atoms with Gasteiger partial charge >= 0.3 is 24.1 Å². The van der Waals surface area contributed by atoms with Crippen molar-refractivity contribution in [3.8, 4) is 11.4 Å². The first-order valence-electron chi connectivity index (χ1n) is 9.86. The second kappa shape index (κ2) is 8.05. The first-order valence-corrected chi connectivity index (χ1v) is 8.36. The van der Waals surface area contributed by atoms with E-state index in [1.165, 1.54) is 0 Å². The van der Waals surface area contributed by atoms with Crippen molar-refractivity contribution in [3.63, 3.8) is 0 Å². The van der Waals surface area contributed by atoms with Crippen LogP contribution in [0.2, 0.25) is 0 Å². The lowest BCUT2D eigenvalue weighted by atomic mass is 10.1. The Kier molecular flexibility index (Phi) is 4.77. The predicted molar refractivity (Wildman–Crippen MR) is 97.2 cm³/mol. The van der Waals surface area contributed by atoms with Crippen molar-refractivity contribution in [1.82, 2.24) is 9.55 Å². The number of aromatic amines is 1. The summed E-state index contributed by atoms with van der Waals surface area (Å²) >= 11 is 0.